The molecule has 2 saturated heterocycles. The summed E-state index contributed by atoms with van der Waals surface area (Å²) in [6.07, 6.45) is 4.61. The average Bonchev–Trinajstić information content (AvgIpc) is 3.11. The zero-order valence-corrected chi connectivity index (χ0v) is 13.8. The summed E-state index contributed by atoms with van der Waals surface area (Å²) in [4.78, 5) is 9.09. The molecule has 2 fully saturated rings. The van der Waals surface area contributed by atoms with E-state index in [2.05, 4.69) is 21.7 Å². The van der Waals surface area contributed by atoms with Crippen LogP contribution >= 0.6 is 0 Å². The largest absolute Gasteiger partial charge is 0.423 e. The molecule has 23 heavy (non-hydrogen) atoms. The number of nitrogens with zero attached hydrogens (tertiary/aromatic N) is 3. The summed E-state index contributed by atoms with van der Waals surface area (Å²) in [5.41, 5.74) is 2.25. The molecule has 0 bridgehead atoms. The smallest absolute Gasteiger partial charge is 0.298 e. The second-order valence-electron chi connectivity index (χ2n) is 7.20. The van der Waals surface area contributed by atoms with Crippen molar-refractivity contribution in [3.8, 4) is 0 Å². The van der Waals surface area contributed by atoms with Crippen molar-refractivity contribution in [2.24, 2.45) is 0 Å². The predicted molar refractivity (Wildman–Crippen MR) is 90.8 cm³/mol. The lowest BCUT2D eigenvalue weighted by Crippen LogP contribution is -2.46. The molecule has 2 aliphatic rings. The summed E-state index contributed by atoms with van der Waals surface area (Å²) >= 11 is 0. The number of aryl methyl sites for hydroxylation is 1. The number of hydrogen-bond donors (Lipinski definition) is 1. The van der Waals surface area contributed by atoms with Gasteiger partial charge in [0, 0.05) is 13.1 Å². The van der Waals surface area contributed by atoms with Gasteiger partial charge in [-0.15, -0.1) is 0 Å². The third-order valence-corrected chi connectivity index (χ3v) is 5.10. The van der Waals surface area contributed by atoms with Gasteiger partial charge >= 0.3 is 0 Å². The molecule has 5 nitrogen and oxygen atoms in total. The number of aliphatic hydroxyl groups is 1. The van der Waals surface area contributed by atoms with E-state index in [1.807, 2.05) is 18.2 Å². The molecule has 0 amide bonds. The molecule has 124 valence electrons. The van der Waals surface area contributed by atoms with Gasteiger partial charge in [0.25, 0.3) is 6.01 Å². The summed E-state index contributed by atoms with van der Waals surface area (Å²) in [6.45, 7) is 6.46. The van der Waals surface area contributed by atoms with Gasteiger partial charge in [-0.2, -0.15) is 4.98 Å². The molecule has 4 rings (SSSR count). The van der Waals surface area contributed by atoms with Crippen LogP contribution in [-0.2, 0) is 0 Å². The van der Waals surface area contributed by atoms with Crippen molar-refractivity contribution in [2.45, 2.75) is 38.2 Å². The Balaban J connectivity index is 1.47. The summed E-state index contributed by atoms with van der Waals surface area (Å²) in [5.74, 6) is 0. The zero-order chi connectivity index (χ0) is 15.9. The summed E-state index contributed by atoms with van der Waals surface area (Å²) < 4.78 is 5.88. The second-order valence-corrected chi connectivity index (χ2v) is 7.20. The zero-order valence-electron chi connectivity index (χ0n) is 13.8. The maximum Gasteiger partial charge on any atom is 0.298 e. The molecule has 1 aromatic carbocycles. The average molecular weight is 315 g/mol. The predicted octanol–water partition coefficient (Wildman–Crippen LogP) is 2.56. The number of fused-ring (bicyclic) bond motifs is 1. The van der Waals surface area contributed by atoms with E-state index in [4.69, 9.17) is 4.42 Å². The number of rotatable bonds is 3. The number of hydrogen-bond acceptors (Lipinski definition) is 5. The first-order valence-electron chi connectivity index (χ1n) is 8.68. The van der Waals surface area contributed by atoms with Crippen LogP contribution in [0.5, 0.6) is 0 Å². The first kappa shape index (κ1) is 15.0. The van der Waals surface area contributed by atoms with E-state index in [0.717, 1.165) is 43.7 Å². The summed E-state index contributed by atoms with van der Waals surface area (Å²) in [7, 11) is 0. The quantitative estimate of drug-likeness (QED) is 0.943. The molecule has 5 heteroatoms. The fraction of sp³-hybridized carbons (Fsp3) is 0.611. The van der Waals surface area contributed by atoms with Gasteiger partial charge in [0.2, 0.25) is 0 Å². The van der Waals surface area contributed by atoms with E-state index < -0.39 is 5.60 Å². The summed E-state index contributed by atoms with van der Waals surface area (Å²) in [6, 6.07) is 6.68. The molecule has 0 radical (unpaired) electrons. The first-order valence-corrected chi connectivity index (χ1v) is 8.68. The SMILES string of the molecule is Cc1ccc2oc(N3CC[C@](O)(CN4CCCCC4)C3)nc2c1. The number of likely N-dealkylation sites (tertiary alicyclic amines) is 1. The molecular formula is C18H25N3O2. The van der Waals surface area contributed by atoms with Crippen molar-refractivity contribution < 1.29 is 9.52 Å². The van der Waals surface area contributed by atoms with Crippen LogP contribution < -0.4 is 4.90 Å². The molecule has 2 aliphatic heterocycles. The lowest BCUT2D eigenvalue weighted by atomic mass is 10.0. The van der Waals surface area contributed by atoms with Crippen LogP contribution in [0.3, 0.4) is 0 Å². The Morgan fingerprint density at radius 3 is 2.87 bits per heavy atom. The highest BCUT2D eigenvalue weighted by atomic mass is 16.4. The van der Waals surface area contributed by atoms with Crippen LogP contribution in [0.15, 0.2) is 22.6 Å². The Morgan fingerprint density at radius 1 is 1.22 bits per heavy atom. The Morgan fingerprint density at radius 2 is 2.04 bits per heavy atom. The Kier molecular flexibility index (Phi) is 3.77. The van der Waals surface area contributed by atoms with Crippen LogP contribution in [0.2, 0.25) is 0 Å². The number of oxazole rings is 1. The highest BCUT2D eigenvalue weighted by molar-refractivity contribution is 5.75. The molecule has 0 unspecified atom stereocenters. The minimum Gasteiger partial charge on any atom is -0.423 e. The van der Waals surface area contributed by atoms with Crippen LogP contribution in [0.4, 0.5) is 6.01 Å². The summed E-state index contributed by atoms with van der Waals surface area (Å²) in [5, 5.41) is 10.9. The van der Waals surface area contributed by atoms with Crippen molar-refractivity contribution in [3.63, 3.8) is 0 Å². The lowest BCUT2D eigenvalue weighted by molar-refractivity contribution is 0.0168. The molecular weight excluding hydrogens is 290 g/mol. The molecule has 1 aromatic heterocycles. The van der Waals surface area contributed by atoms with Gasteiger partial charge in [0.1, 0.15) is 5.52 Å². The highest BCUT2D eigenvalue weighted by Gasteiger charge is 2.39. The Labute approximate surface area is 136 Å². The van der Waals surface area contributed by atoms with Crippen LogP contribution in [0, 0.1) is 6.92 Å². The minimum atomic E-state index is -0.645. The van der Waals surface area contributed by atoms with Gasteiger partial charge in [-0.1, -0.05) is 12.5 Å². The van der Waals surface area contributed by atoms with Gasteiger partial charge in [-0.05, 0) is 57.0 Å². The second kappa shape index (κ2) is 5.80. The van der Waals surface area contributed by atoms with E-state index in [1.54, 1.807) is 0 Å². The van der Waals surface area contributed by atoms with Gasteiger partial charge in [-0.3, -0.25) is 0 Å². The number of piperidine rings is 1. The molecule has 3 heterocycles. The topological polar surface area (TPSA) is 52.7 Å². The Bertz CT molecular complexity index is 693. The molecule has 1 atom stereocenters. The third-order valence-electron chi connectivity index (χ3n) is 5.10. The molecule has 0 saturated carbocycles. The van der Waals surface area contributed by atoms with E-state index in [-0.39, 0.29) is 0 Å². The molecule has 0 aliphatic carbocycles. The van der Waals surface area contributed by atoms with Gasteiger partial charge in [0.05, 0.1) is 12.1 Å². The third kappa shape index (κ3) is 3.08. The fourth-order valence-electron chi connectivity index (χ4n) is 3.84. The van der Waals surface area contributed by atoms with Gasteiger partial charge in [-0.25, -0.2) is 0 Å². The monoisotopic (exact) mass is 315 g/mol. The van der Waals surface area contributed by atoms with Crippen molar-refractivity contribution in [2.75, 3.05) is 37.6 Å². The van der Waals surface area contributed by atoms with E-state index >= 15 is 0 Å². The maximum absolute atomic E-state index is 10.9. The molecule has 2 aromatic rings. The van der Waals surface area contributed by atoms with Gasteiger partial charge < -0.3 is 19.3 Å². The minimum absolute atomic E-state index is 0.606. The van der Waals surface area contributed by atoms with Crippen molar-refractivity contribution in [1.29, 1.82) is 0 Å². The van der Waals surface area contributed by atoms with E-state index in [9.17, 15) is 5.11 Å². The van der Waals surface area contributed by atoms with Crippen molar-refractivity contribution in [1.82, 2.24) is 9.88 Å². The first-order chi connectivity index (χ1) is 11.1. The molecule has 1 N–H and O–H groups in total. The Hall–Kier alpha value is -1.59. The van der Waals surface area contributed by atoms with Crippen molar-refractivity contribution in [3.05, 3.63) is 23.8 Å². The van der Waals surface area contributed by atoms with Gasteiger partial charge in [0.15, 0.2) is 5.58 Å². The van der Waals surface area contributed by atoms with Crippen LogP contribution in [-0.4, -0.2) is 53.3 Å². The number of β-amino-alcohol motifs (C(OH)–C–C–N with tert-alkyl or cyclic N) is 1. The number of aromatic nitrogens is 1. The van der Waals surface area contributed by atoms with Crippen LogP contribution in [0.1, 0.15) is 31.2 Å². The number of anilines is 1. The van der Waals surface area contributed by atoms with Crippen LogP contribution in [0.25, 0.3) is 11.1 Å². The normalized spacial score (nSPS) is 26.3. The lowest BCUT2D eigenvalue weighted by Gasteiger charge is -2.33. The van der Waals surface area contributed by atoms with E-state index in [1.165, 1.54) is 24.8 Å². The fourth-order valence-corrected chi connectivity index (χ4v) is 3.84. The van der Waals surface area contributed by atoms with E-state index in [0.29, 0.717) is 12.6 Å². The highest BCUT2D eigenvalue weighted by Crippen LogP contribution is 2.30. The standard InChI is InChI=1S/C18H25N3O2/c1-14-5-6-16-15(11-14)19-17(23-16)21-10-7-18(22,13-21)12-20-8-3-2-4-9-20/h5-6,11,22H,2-4,7-10,12-13H2,1H3/t18-/m0/s1. The molecule has 0 spiro atoms. The van der Waals surface area contributed by atoms with Crippen molar-refractivity contribution >= 4 is 17.1 Å². The number of benzene rings is 1. The maximum atomic E-state index is 10.9.